The Hall–Kier alpha value is -7.00. The molecule has 350 valence electrons. The summed E-state index contributed by atoms with van der Waals surface area (Å²) in [5.41, 5.74) is 5.89. The van der Waals surface area contributed by atoms with Gasteiger partial charge in [-0.25, -0.2) is 4.98 Å². The van der Waals surface area contributed by atoms with E-state index in [-0.39, 0.29) is 67.1 Å². The van der Waals surface area contributed by atoms with E-state index in [1.165, 1.54) is 0 Å². The third kappa shape index (κ3) is 8.16. The number of rotatable bonds is 9. The second kappa shape index (κ2) is 18.1. The molecule has 0 bridgehead atoms. The van der Waals surface area contributed by atoms with Crippen molar-refractivity contribution in [2.75, 3.05) is 9.80 Å². The van der Waals surface area contributed by atoms with Crippen LogP contribution in [0.2, 0.25) is 0 Å². The van der Waals surface area contributed by atoms with Gasteiger partial charge in [0.1, 0.15) is 5.82 Å². The molecule has 70 heavy (non-hydrogen) atoms. The third-order valence-corrected chi connectivity index (χ3v) is 13.5. The number of pyridine rings is 1. The maximum Gasteiger partial charge on any atom is 0.135 e. The molecule has 0 radical (unpaired) electrons. The zero-order valence-electron chi connectivity index (χ0n) is 53.2. The zero-order chi connectivity index (χ0) is 59.0. The number of hydrogen-bond donors (Lipinski definition) is 0. The van der Waals surface area contributed by atoms with Crippen molar-refractivity contribution in [1.82, 2.24) is 9.55 Å². The van der Waals surface area contributed by atoms with Gasteiger partial charge in [-0.2, -0.15) is 53.6 Å². The standard InChI is InChI=1S/C65H57N4.Pt/c1-44-31-34-57-56(37-44)53-33-32-49(41-60(53)69(57)61-42-50(35-36-66-61)64(5,6)47-25-16-11-17-26-47)65(7,8)48-27-20-28-52(38-48)67-43-68(59-30-19-18-29-58(59)67)62-54(45-21-12-9-13-22-45)39-51(63(2,3)4)40-55(62)46-23-14-10-15-24-46;/h9-37,39-40,42-43H,1-8H3;/q-3;/i9D,10D,12D,13D,14D,15D,21D,22D,23D,24D,31D,34D,37D;. The minimum atomic E-state index is -0.815. The molecule has 0 saturated heterocycles. The Bertz CT molecular complexity index is 4170. The molecule has 4 nitrogen and oxygen atoms in total. The average molecular weight is 1100 g/mol. The van der Waals surface area contributed by atoms with Gasteiger partial charge in [0.15, 0.2) is 0 Å². The van der Waals surface area contributed by atoms with Crippen molar-refractivity contribution in [2.24, 2.45) is 0 Å². The molecule has 2 aromatic heterocycles. The van der Waals surface area contributed by atoms with Crippen LogP contribution in [-0.4, -0.2) is 9.55 Å². The number of benzene rings is 8. The fourth-order valence-corrected chi connectivity index (χ4v) is 9.44. The van der Waals surface area contributed by atoms with Crippen LogP contribution in [0.5, 0.6) is 0 Å². The number of nitrogens with zero attached hydrogens (tertiary/aromatic N) is 4. The Morgan fingerprint density at radius 2 is 1.19 bits per heavy atom. The van der Waals surface area contributed by atoms with E-state index in [9.17, 15) is 8.22 Å². The van der Waals surface area contributed by atoms with Gasteiger partial charge in [-0.05, 0) is 93.4 Å². The molecule has 0 atom stereocenters. The molecule has 0 spiro atoms. The maximum absolute atomic E-state index is 9.40. The van der Waals surface area contributed by atoms with Crippen molar-refractivity contribution in [3.8, 4) is 28.1 Å². The molecular weight excluding hydrogens is 1030 g/mol. The summed E-state index contributed by atoms with van der Waals surface area (Å²) in [7, 11) is 0. The Morgan fingerprint density at radius 3 is 1.84 bits per heavy atom. The molecule has 3 heterocycles. The van der Waals surface area contributed by atoms with E-state index in [4.69, 9.17) is 14.6 Å². The van der Waals surface area contributed by atoms with Crippen molar-refractivity contribution < 1.29 is 38.9 Å². The first-order valence-corrected chi connectivity index (χ1v) is 23.1. The van der Waals surface area contributed by atoms with Gasteiger partial charge in [0.2, 0.25) is 0 Å². The molecule has 0 unspecified atom stereocenters. The Kier molecular flexibility index (Phi) is 8.65. The minimum Gasteiger partial charge on any atom is -0.493 e. The van der Waals surface area contributed by atoms with Crippen LogP contribution in [-0.2, 0) is 37.3 Å². The van der Waals surface area contributed by atoms with Crippen LogP contribution in [0.4, 0.5) is 22.7 Å². The van der Waals surface area contributed by atoms with Crippen LogP contribution in [0.3, 0.4) is 0 Å². The van der Waals surface area contributed by atoms with Gasteiger partial charge >= 0.3 is 0 Å². The number of para-hydroxylation sites is 2. The number of hydrogen-bond acceptors (Lipinski definition) is 3. The van der Waals surface area contributed by atoms with E-state index >= 15 is 0 Å². The maximum atomic E-state index is 9.40. The molecule has 0 saturated carbocycles. The summed E-state index contributed by atoms with van der Waals surface area (Å²) in [6.45, 7) is 17.7. The molecule has 0 fully saturated rings. The zero-order valence-corrected chi connectivity index (χ0v) is 42.4. The van der Waals surface area contributed by atoms with Crippen molar-refractivity contribution in [2.45, 2.75) is 71.6 Å². The Morgan fingerprint density at radius 1 is 0.557 bits per heavy atom. The smallest absolute Gasteiger partial charge is 0.135 e. The summed E-state index contributed by atoms with van der Waals surface area (Å²) < 4.78 is 119. The second-order valence-electron chi connectivity index (χ2n) is 19.7. The van der Waals surface area contributed by atoms with Crippen LogP contribution in [0.15, 0.2) is 194 Å². The Balaban J connectivity index is 0.00000769. The van der Waals surface area contributed by atoms with Crippen molar-refractivity contribution in [1.29, 1.82) is 0 Å². The van der Waals surface area contributed by atoms with E-state index in [0.29, 0.717) is 55.8 Å². The van der Waals surface area contributed by atoms with Crippen LogP contribution in [0.25, 0.3) is 49.9 Å². The molecule has 0 N–H and O–H groups in total. The van der Waals surface area contributed by atoms with E-state index in [0.717, 1.165) is 22.3 Å². The first kappa shape index (κ1) is 33.5. The van der Waals surface area contributed by atoms with Crippen LogP contribution in [0, 0.1) is 25.7 Å². The van der Waals surface area contributed by atoms with Gasteiger partial charge in [-0.3, -0.25) is 0 Å². The first-order valence-electron chi connectivity index (χ1n) is 29.6. The van der Waals surface area contributed by atoms with Crippen LogP contribution < -0.4 is 9.80 Å². The SMILES string of the molecule is [2H]c1c([2H])c([2H])c(-c2cc(C(C)(C)C)cc(-c3c([2H])c([2H])c([2H])c([2H])c3[2H])c2N2[CH-]N(c3[c-]c(C(C)(C)c4[c-]c5c(cc4)c4c([2H])c(C)c([2H])c([2H])c4n5-c4cc(C(C)(C)c5ccccc5)ccn4)ccc3)c3ccccc32)c([2H])c1[2H].[Pt]. The van der Waals surface area contributed by atoms with Gasteiger partial charge in [0.05, 0.1) is 17.8 Å². The fraction of sp³-hybridized carbons (Fsp3) is 0.169. The minimum absolute atomic E-state index is 0. The summed E-state index contributed by atoms with van der Waals surface area (Å²) in [6.07, 6.45) is 1.75. The topological polar surface area (TPSA) is 24.3 Å². The summed E-state index contributed by atoms with van der Waals surface area (Å²) in [4.78, 5) is 8.60. The summed E-state index contributed by atoms with van der Waals surface area (Å²) >= 11 is 0. The average Bonchev–Trinajstić information content (AvgIpc) is 3.79. The van der Waals surface area contributed by atoms with E-state index in [2.05, 4.69) is 52.0 Å². The van der Waals surface area contributed by atoms with Crippen molar-refractivity contribution >= 4 is 44.6 Å². The Labute approximate surface area is 446 Å². The molecule has 11 rings (SSSR count). The summed E-state index contributed by atoms with van der Waals surface area (Å²) in [5.74, 6) is 0.516. The molecule has 1 aliphatic heterocycles. The van der Waals surface area contributed by atoms with E-state index in [1.54, 1.807) is 36.8 Å². The third-order valence-electron chi connectivity index (χ3n) is 13.5. The largest absolute Gasteiger partial charge is 0.493 e. The number of anilines is 4. The van der Waals surface area contributed by atoms with Gasteiger partial charge in [-0.15, -0.1) is 17.7 Å². The molecule has 8 aromatic carbocycles. The molecule has 1 aliphatic rings. The van der Waals surface area contributed by atoms with Crippen LogP contribution >= 0.6 is 0 Å². The van der Waals surface area contributed by atoms with Crippen LogP contribution in [0.1, 0.15) is 99.7 Å². The summed E-state index contributed by atoms with van der Waals surface area (Å²) in [6, 6.07) is 37.2. The molecule has 10 aromatic rings. The molecule has 0 amide bonds. The number of fused-ring (bicyclic) bond motifs is 4. The quantitative estimate of drug-likeness (QED) is 0.135. The van der Waals surface area contributed by atoms with Crippen molar-refractivity contribution in [3.63, 3.8) is 0 Å². The molecule has 0 aliphatic carbocycles. The predicted molar refractivity (Wildman–Crippen MR) is 289 cm³/mol. The van der Waals surface area contributed by atoms with Crippen molar-refractivity contribution in [3.05, 3.63) is 246 Å². The van der Waals surface area contributed by atoms with E-state index in [1.807, 2.05) is 115 Å². The van der Waals surface area contributed by atoms with Gasteiger partial charge in [0.25, 0.3) is 0 Å². The van der Waals surface area contributed by atoms with Gasteiger partial charge < -0.3 is 14.4 Å². The molecule has 5 heteroatoms. The van der Waals surface area contributed by atoms with Gasteiger partial charge in [-0.1, -0.05) is 175 Å². The first-order chi connectivity index (χ1) is 38.7. The predicted octanol–water partition coefficient (Wildman–Crippen LogP) is 16.8. The fourth-order valence-electron chi connectivity index (χ4n) is 9.44. The summed E-state index contributed by atoms with van der Waals surface area (Å²) in [5, 5.41) is 1.22. The normalized spacial score (nSPS) is 15.5. The second-order valence-corrected chi connectivity index (χ2v) is 19.7. The van der Waals surface area contributed by atoms with E-state index < -0.39 is 76.7 Å². The monoisotopic (exact) mass is 1100 g/mol. The molecular formula is C65H57N4Pt-3. The van der Waals surface area contributed by atoms with Gasteiger partial charge in [0, 0.05) is 66.4 Å². The number of aromatic nitrogens is 2.